The monoisotopic (exact) mass is 280 g/mol. The fraction of sp³-hybridized carbons (Fsp3) is 0.533. The predicted octanol–water partition coefficient (Wildman–Crippen LogP) is 1.55. The number of aryl methyl sites for hydroxylation is 1. The molecule has 0 aliphatic rings. The molecule has 0 saturated heterocycles. The van der Waals surface area contributed by atoms with E-state index in [0.29, 0.717) is 18.9 Å². The number of carbonyl (C=O) groups is 1. The summed E-state index contributed by atoms with van der Waals surface area (Å²) in [4.78, 5) is 11.6. The SMILES string of the molecule is COCCCNC(=O)COc1ccc([C@H](C)N)cc1C. The van der Waals surface area contributed by atoms with E-state index in [1.165, 1.54) is 0 Å². The molecule has 0 spiro atoms. The molecule has 0 saturated carbocycles. The number of hydrogen-bond acceptors (Lipinski definition) is 4. The Hall–Kier alpha value is -1.59. The van der Waals surface area contributed by atoms with Gasteiger partial charge in [0.05, 0.1) is 0 Å². The van der Waals surface area contributed by atoms with Gasteiger partial charge in [-0.15, -0.1) is 0 Å². The smallest absolute Gasteiger partial charge is 0.257 e. The van der Waals surface area contributed by atoms with Gasteiger partial charge in [-0.3, -0.25) is 4.79 Å². The van der Waals surface area contributed by atoms with Crippen LogP contribution in [0.3, 0.4) is 0 Å². The highest BCUT2D eigenvalue weighted by molar-refractivity contribution is 5.77. The van der Waals surface area contributed by atoms with Crippen LogP contribution in [0.5, 0.6) is 5.75 Å². The molecule has 0 bridgehead atoms. The quantitative estimate of drug-likeness (QED) is 0.709. The van der Waals surface area contributed by atoms with Crippen LogP contribution in [0.1, 0.15) is 30.5 Å². The third-order valence-electron chi connectivity index (χ3n) is 2.93. The molecule has 0 aliphatic heterocycles. The van der Waals surface area contributed by atoms with Gasteiger partial charge < -0.3 is 20.5 Å². The lowest BCUT2D eigenvalue weighted by Crippen LogP contribution is -2.30. The second-order valence-electron chi connectivity index (χ2n) is 4.80. The van der Waals surface area contributed by atoms with E-state index in [-0.39, 0.29) is 18.6 Å². The van der Waals surface area contributed by atoms with Crippen molar-refractivity contribution < 1.29 is 14.3 Å². The number of carbonyl (C=O) groups excluding carboxylic acids is 1. The van der Waals surface area contributed by atoms with Crippen LogP contribution in [0, 0.1) is 6.92 Å². The Morgan fingerprint density at radius 3 is 2.80 bits per heavy atom. The van der Waals surface area contributed by atoms with Gasteiger partial charge in [-0.25, -0.2) is 0 Å². The fourth-order valence-electron chi connectivity index (χ4n) is 1.76. The first-order chi connectivity index (χ1) is 9.54. The van der Waals surface area contributed by atoms with Gasteiger partial charge >= 0.3 is 0 Å². The molecular weight excluding hydrogens is 256 g/mol. The molecule has 3 N–H and O–H groups in total. The first kappa shape index (κ1) is 16.5. The molecule has 5 heteroatoms. The van der Waals surface area contributed by atoms with E-state index < -0.39 is 0 Å². The summed E-state index contributed by atoms with van der Waals surface area (Å²) in [6, 6.07) is 5.75. The Morgan fingerprint density at radius 2 is 2.20 bits per heavy atom. The second-order valence-corrected chi connectivity index (χ2v) is 4.80. The van der Waals surface area contributed by atoms with E-state index in [0.717, 1.165) is 17.5 Å². The number of methoxy groups -OCH3 is 1. The molecule has 1 rings (SSSR count). The van der Waals surface area contributed by atoms with Crippen LogP contribution in [0.25, 0.3) is 0 Å². The molecule has 1 aromatic carbocycles. The van der Waals surface area contributed by atoms with Crippen LogP contribution >= 0.6 is 0 Å². The molecule has 1 atom stereocenters. The minimum atomic E-state index is -0.128. The highest BCUT2D eigenvalue weighted by Crippen LogP contribution is 2.21. The minimum Gasteiger partial charge on any atom is -0.484 e. The number of ether oxygens (including phenoxy) is 2. The van der Waals surface area contributed by atoms with Gasteiger partial charge in [0.15, 0.2) is 6.61 Å². The molecule has 0 aromatic heterocycles. The topological polar surface area (TPSA) is 73.6 Å². The molecule has 0 radical (unpaired) electrons. The first-order valence-corrected chi connectivity index (χ1v) is 6.79. The van der Waals surface area contributed by atoms with Crippen molar-refractivity contribution in [3.63, 3.8) is 0 Å². The zero-order valence-electron chi connectivity index (χ0n) is 12.4. The zero-order chi connectivity index (χ0) is 15.0. The van der Waals surface area contributed by atoms with Crippen molar-refractivity contribution in [2.45, 2.75) is 26.3 Å². The van der Waals surface area contributed by atoms with Crippen molar-refractivity contribution in [3.8, 4) is 5.75 Å². The Kier molecular flexibility index (Phi) is 7.04. The van der Waals surface area contributed by atoms with Crippen LogP contribution in [-0.2, 0) is 9.53 Å². The molecule has 0 aliphatic carbocycles. The molecule has 112 valence electrons. The normalized spacial score (nSPS) is 12.0. The number of nitrogens with one attached hydrogen (secondary N) is 1. The van der Waals surface area contributed by atoms with E-state index >= 15 is 0 Å². The summed E-state index contributed by atoms with van der Waals surface area (Å²) in [6.07, 6.45) is 0.796. The van der Waals surface area contributed by atoms with Gasteiger partial charge in [0.2, 0.25) is 0 Å². The minimum absolute atomic E-state index is 0.00756. The summed E-state index contributed by atoms with van der Waals surface area (Å²) in [5, 5.41) is 2.77. The third kappa shape index (κ3) is 5.59. The summed E-state index contributed by atoms with van der Waals surface area (Å²) in [5.41, 5.74) is 7.85. The van der Waals surface area contributed by atoms with E-state index in [2.05, 4.69) is 5.32 Å². The molecule has 0 heterocycles. The lowest BCUT2D eigenvalue weighted by Gasteiger charge is -2.12. The first-order valence-electron chi connectivity index (χ1n) is 6.79. The van der Waals surface area contributed by atoms with Crippen molar-refractivity contribution >= 4 is 5.91 Å². The van der Waals surface area contributed by atoms with E-state index in [1.54, 1.807) is 7.11 Å². The summed E-state index contributed by atoms with van der Waals surface area (Å²) < 4.78 is 10.4. The van der Waals surface area contributed by atoms with Crippen LogP contribution in [0.2, 0.25) is 0 Å². The van der Waals surface area contributed by atoms with Crippen molar-refractivity contribution in [2.75, 3.05) is 26.9 Å². The van der Waals surface area contributed by atoms with Crippen molar-refractivity contribution in [3.05, 3.63) is 29.3 Å². The Labute approximate surface area is 120 Å². The maximum atomic E-state index is 11.6. The maximum absolute atomic E-state index is 11.6. The largest absolute Gasteiger partial charge is 0.484 e. The van der Waals surface area contributed by atoms with Crippen molar-refractivity contribution in [1.82, 2.24) is 5.32 Å². The van der Waals surface area contributed by atoms with Crippen LogP contribution in [0.15, 0.2) is 18.2 Å². The van der Waals surface area contributed by atoms with Gasteiger partial charge in [-0.1, -0.05) is 12.1 Å². The molecule has 1 amide bonds. The molecule has 1 aromatic rings. The standard InChI is InChI=1S/C15H24N2O3/c1-11-9-13(12(2)16)5-6-14(11)20-10-15(18)17-7-4-8-19-3/h5-6,9,12H,4,7-8,10,16H2,1-3H3,(H,17,18)/t12-/m0/s1. The van der Waals surface area contributed by atoms with Crippen LogP contribution in [-0.4, -0.2) is 32.8 Å². The number of hydrogen-bond donors (Lipinski definition) is 2. The highest BCUT2D eigenvalue weighted by atomic mass is 16.5. The van der Waals surface area contributed by atoms with Crippen molar-refractivity contribution in [2.24, 2.45) is 5.73 Å². The molecule has 0 fully saturated rings. The van der Waals surface area contributed by atoms with E-state index in [9.17, 15) is 4.79 Å². The summed E-state index contributed by atoms with van der Waals surface area (Å²) in [7, 11) is 1.64. The van der Waals surface area contributed by atoms with Gasteiger partial charge in [0, 0.05) is 26.3 Å². The molecule has 20 heavy (non-hydrogen) atoms. The predicted molar refractivity (Wildman–Crippen MR) is 78.8 cm³/mol. The molecular formula is C15H24N2O3. The number of benzene rings is 1. The number of rotatable bonds is 8. The Morgan fingerprint density at radius 1 is 1.45 bits per heavy atom. The molecule has 5 nitrogen and oxygen atoms in total. The van der Waals surface area contributed by atoms with Crippen molar-refractivity contribution in [1.29, 1.82) is 0 Å². The van der Waals surface area contributed by atoms with Crippen LogP contribution < -0.4 is 15.8 Å². The second kappa shape index (κ2) is 8.55. The average Bonchev–Trinajstić information content (AvgIpc) is 2.42. The maximum Gasteiger partial charge on any atom is 0.257 e. The lowest BCUT2D eigenvalue weighted by atomic mass is 10.1. The van der Waals surface area contributed by atoms with E-state index in [4.69, 9.17) is 15.2 Å². The fourth-order valence-corrected chi connectivity index (χ4v) is 1.76. The molecule has 0 unspecified atom stereocenters. The van der Waals surface area contributed by atoms with Gasteiger partial charge in [-0.2, -0.15) is 0 Å². The third-order valence-corrected chi connectivity index (χ3v) is 2.93. The number of amides is 1. The highest BCUT2D eigenvalue weighted by Gasteiger charge is 2.06. The zero-order valence-corrected chi connectivity index (χ0v) is 12.4. The van der Waals surface area contributed by atoms with E-state index in [1.807, 2.05) is 32.0 Å². The Bertz CT molecular complexity index is 433. The summed E-state index contributed by atoms with van der Waals surface area (Å²) >= 11 is 0. The summed E-state index contributed by atoms with van der Waals surface area (Å²) in [6.45, 7) is 5.13. The number of nitrogens with two attached hydrogens (primary N) is 1. The summed E-state index contributed by atoms with van der Waals surface area (Å²) in [5.74, 6) is 0.582. The van der Waals surface area contributed by atoms with Gasteiger partial charge in [-0.05, 0) is 37.5 Å². The van der Waals surface area contributed by atoms with Gasteiger partial charge in [0.25, 0.3) is 5.91 Å². The lowest BCUT2D eigenvalue weighted by molar-refractivity contribution is -0.123. The van der Waals surface area contributed by atoms with Gasteiger partial charge in [0.1, 0.15) is 5.75 Å². The average molecular weight is 280 g/mol. The Balaban J connectivity index is 2.39. The van der Waals surface area contributed by atoms with Crippen LogP contribution in [0.4, 0.5) is 0 Å².